The molecule has 0 amide bonds. The monoisotopic (exact) mass is 268 g/mol. The highest BCUT2D eigenvalue weighted by molar-refractivity contribution is 7.89. The maximum Gasteiger partial charge on any atom is 0.242 e. The maximum absolute atomic E-state index is 11.9. The number of pyridine rings is 1. The van der Waals surface area contributed by atoms with Gasteiger partial charge in [0.2, 0.25) is 10.0 Å². The number of nitrogens with zero attached hydrogens (tertiary/aromatic N) is 2. The third kappa shape index (κ3) is 3.77. The van der Waals surface area contributed by atoms with E-state index in [4.69, 9.17) is 11.0 Å². The van der Waals surface area contributed by atoms with E-state index < -0.39 is 10.0 Å². The van der Waals surface area contributed by atoms with Crippen LogP contribution in [0, 0.1) is 17.2 Å². The van der Waals surface area contributed by atoms with E-state index in [1.54, 1.807) is 0 Å². The van der Waals surface area contributed by atoms with Crippen molar-refractivity contribution < 1.29 is 8.42 Å². The van der Waals surface area contributed by atoms with Gasteiger partial charge in [-0.1, -0.05) is 13.8 Å². The minimum Gasteiger partial charge on any atom is -0.326 e. The standard InChI is InChI=1S/C11H16N4O2S/c1-8(2)11(13)7-15-18(16,17)10-4-3-9(5-12)14-6-10/h3-4,6,8,11,15H,7,13H2,1-2H3. The molecule has 1 heterocycles. The van der Waals surface area contributed by atoms with Gasteiger partial charge in [0.05, 0.1) is 0 Å². The first kappa shape index (κ1) is 14.6. The Morgan fingerprint density at radius 2 is 2.17 bits per heavy atom. The van der Waals surface area contributed by atoms with Crippen LogP contribution in [0.1, 0.15) is 19.5 Å². The summed E-state index contributed by atoms with van der Waals surface area (Å²) in [7, 11) is -3.62. The van der Waals surface area contributed by atoms with Crippen molar-refractivity contribution in [1.82, 2.24) is 9.71 Å². The van der Waals surface area contributed by atoms with E-state index in [2.05, 4.69) is 9.71 Å². The second kappa shape index (κ2) is 5.91. The number of hydrogen-bond acceptors (Lipinski definition) is 5. The van der Waals surface area contributed by atoms with Gasteiger partial charge in [-0.05, 0) is 18.1 Å². The lowest BCUT2D eigenvalue weighted by atomic mass is 10.1. The molecule has 0 fully saturated rings. The zero-order valence-corrected chi connectivity index (χ0v) is 11.1. The summed E-state index contributed by atoms with van der Waals surface area (Å²) in [5, 5.41) is 8.57. The molecule has 0 aliphatic carbocycles. The van der Waals surface area contributed by atoms with Gasteiger partial charge >= 0.3 is 0 Å². The Labute approximate surface area is 107 Å². The highest BCUT2D eigenvalue weighted by atomic mass is 32.2. The van der Waals surface area contributed by atoms with Gasteiger partial charge in [-0.25, -0.2) is 18.1 Å². The molecule has 6 nitrogen and oxygen atoms in total. The number of nitrogens with one attached hydrogen (secondary N) is 1. The van der Waals surface area contributed by atoms with Crippen LogP contribution in [0.4, 0.5) is 0 Å². The highest BCUT2D eigenvalue weighted by Crippen LogP contribution is 2.07. The predicted octanol–water partition coefficient (Wildman–Crippen LogP) is 0.215. The average Bonchev–Trinajstić information content (AvgIpc) is 2.36. The van der Waals surface area contributed by atoms with Crippen LogP contribution >= 0.6 is 0 Å². The zero-order chi connectivity index (χ0) is 13.8. The van der Waals surface area contributed by atoms with E-state index in [0.717, 1.165) is 6.20 Å². The number of sulfonamides is 1. The number of rotatable bonds is 5. The lowest BCUT2D eigenvalue weighted by Gasteiger charge is -2.16. The maximum atomic E-state index is 11.9. The van der Waals surface area contributed by atoms with Crippen LogP contribution in [0.5, 0.6) is 0 Å². The summed E-state index contributed by atoms with van der Waals surface area (Å²) in [5.41, 5.74) is 5.94. The van der Waals surface area contributed by atoms with Gasteiger partial charge < -0.3 is 5.73 Å². The molecule has 98 valence electrons. The summed E-state index contributed by atoms with van der Waals surface area (Å²) in [4.78, 5) is 3.74. The Bertz CT molecular complexity index is 531. The Morgan fingerprint density at radius 1 is 1.50 bits per heavy atom. The minimum atomic E-state index is -3.62. The summed E-state index contributed by atoms with van der Waals surface area (Å²) < 4.78 is 26.2. The molecule has 0 aliphatic heterocycles. The number of nitrogens with two attached hydrogens (primary N) is 1. The minimum absolute atomic E-state index is 0.0254. The predicted molar refractivity (Wildman–Crippen MR) is 67.0 cm³/mol. The van der Waals surface area contributed by atoms with E-state index in [-0.39, 0.29) is 29.1 Å². The second-order valence-corrected chi connectivity index (χ2v) is 6.02. The Balaban J connectivity index is 2.77. The van der Waals surface area contributed by atoms with Crippen LogP contribution in [0.25, 0.3) is 0 Å². The van der Waals surface area contributed by atoms with Gasteiger partial charge in [-0.15, -0.1) is 0 Å². The van der Waals surface area contributed by atoms with Gasteiger partial charge in [0.1, 0.15) is 16.7 Å². The van der Waals surface area contributed by atoms with Gasteiger partial charge in [-0.3, -0.25) is 0 Å². The molecule has 3 N–H and O–H groups in total. The van der Waals surface area contributed by atoms with Crippen LogP contribution in [-0.2, 0) is 10.0 Å². The van der Waals surface area contributed by atoms with Crippen molar-refractivity contribution in [3.05, 3.63) is 24.0 Å². The quantitative estimate of drug-likeness (QED) is 0.793. The van der Waals surface area contributed by atoms with Crippen LogP contribution in [0.3, 0.4) is 0 Å². The molecule has 0 saturated carbocycles. The summed E-state index contributed by atoms with van der Waals surface area (Å²) in [6, 6.07) is 4.28. The normalized spacial score (nSPS) is 13.3. The number of aromatic nitrogens is 1. The molecular formula is C11H16N4O2S. The molecule has 0 radical (unpaired) electrons. The van der Waals surface area contributed by atoms with E-state index >= 15 is 0 Å². The smallest absolute Gasteiger partial charge is 0.242 e. The zero-order valence-electron chi connectivity index (χ0n) is 10.3. The fourth-order valence-electron chi connectivity index (χ4n) is 1.13. The fourth-order valence-corrected chi connectivity index (χ4v) is 2.15. The first-order valence-electron chi connectivity index (χ1n) is 5.48. The van der Waals surface area contributed by atoms with Gasteiger partial charge in [0.15, 0.2) is 0 Å². The summed E-state index contributed by atoms with van der Waals surface area (Å²) in [6.07, 6.45) is 1.15. The van der Waals surface area contributed by atoms with Crippen molar-refractivity contribution >= 4 is 10.0 Å². The molecule has 1 rings (SSSR count). The second-order valence-electron chi connectivity index (χ2n) is 4.25. The average molecular weight is 268 g/mol. The van der Waals surface area contributed by atoms with Gasteiger partial charge in [0.25, 0.3) is 0 Å². The van der Waals surface area contributed by atoms with Crippen LogP contribution in [-0.4, -0.2) is 26.0 Å². The molecular weight excluding hydrogens is 252 g/mol. The van der Waals surface area contributed by atoms with Crippen molar-refractivity contribution in [2.24, 2.45) is 11.7 Å². The summed E-state index contributed by atoms with van der Waals surface area (Å²) in [5.74, 6) is 0.187. The van der Waals surface area contributed by atoms with Crippen molar-refractivity contribution in [3.8, 4) is 6.07 Å². The van der Waals surface area contributed by atoms with E-state index in [0.29, 0.717) is 0 Å². The molecule has 0 aliphatic rings. The molecule has 1 unspecified atom stereocenters. The Kier molecular flexibility index (Phi) is 4.78. The summed E-state index contributed by atoms with van der Waals surface area (Å²) >= 11 is 0. The number of nitriles is 1. The molecule has 1 atom stereocenters. The van der Waals surface area contributed by atoms with Crippen molar-refractivity contribution in [1.29, 1.82) is 5.26 Å². The first-order chi connectivity index (χ1) is 8.36. The first-order valence-corrected chi connectivity index (χ1v) is 6.96. The third-order valence-corrected chi connectivity index (χ3v) is 3.94. The van der Waals surface area contributed by atoms with E-state index in [1.807, 2.05) is 19.9 Å². The van der Waals surface area contributed by atoms with Gasteiger partial charge in [-0.2, -0.15) is 5.26 Å². The molecule has 1 aromatic rings. The van der Waals surface area contributed by atoms with E-state index in [1.165, 1.54) is 12.1 Å². The Morgan fingerprint density at radius 3 is 2.61 bits per heavy atom. The lowest BCUT2D eigenvalue weighted by Crippen LogP contribution is -2.40. The fraction of sp³-hybridized carbons (Fsp3) is 0.455. The third-order valence-electron chi connectivity index (χ3n) is 2.53. The molecule has 1 aromatic heterocycles. The van der Waals surface area contributed by atoms with Crippen molar-refractivity contribution in [3.63, 3.8) is 0 Å². The summed E-state index contributed by atoms with van der Waals surface area (Å²) in [6.45, 7) is 4.00. The lowest BCUT2D eigenvalue weighted by molar-refractivity contribution is 0.481. The number of hydrogen-bond donors (Lipinski definition) is 2. The van der Waals surface area contributed by atoms with Crippen molar-refractivity contribution in [2.45, 2.75) is 24.8 Å². The molecule has 18 heavy (non-hydrogen) atoms. The van der Waals surface area contributed by atoms with E-state index in [9.17, 15) is 8.42 Å². The largest absolute Gasteiger partial charge is 0.326 e. The molecule has 0 saturated heterocycles. The van der Waals surface area contributed by atoms with Crippen LogP contribution < -0.4 is 10.5 Å². The molecule has 0 spiro atoms. The van der Waals surface area contributed by atoms with Crippen molar-refractivity contribution in [2.75, 3.05) is 6.54 Å². The van der Waals surface area contributed by atoms with Crippen LogP contribution in [0.15, 0.2) is 23.2 Å². The topological polar surface area (TPSA) is 109 Å². The highest BCUT2D eigenvalue weighted by Gasteiger charge is 2.17. The molecule has 7 heteroatoms. The van der Waals surface area contributed by atoms with Crippen LogP contribution in [0.2, 0.25) is 0 Å². The molecule has 0 aromatic carbocycles. The van der Waals surface area contributed by atoms with Gasteiger partial charge in [0, 0.05) is 18.8 Å². The molecule has 0 bridgehead atoms. The SMILES string of the molecule is CC(C)C(N)CNS(=O)(=O)c1ccc(C#N)nc1. The Hall–Kier alpha value is -1.49.